The Labute approximate surface area is 192 Å². The smallest absolute Gasteiger partial charge is 0.327 e. The molecule has 0 spiro atoms. The lowest BCUT2D eigenvalue weighted by molar-refractivity contribution is -0.132. The molecule has 1 aromatic heterocycles. The molecule has 2 aromatic carbocycles. The van der Waals surface area contributed by atoms with Gasteiger partial charge in [0.1, 0.15) is 17.9 Å². The molecule has 2 heterocycles. The minimum Gasteiger partial charge on any atom is -0.489 e. The molecule has 0 saturated carbocycles. The zero-order valence-corrected chi connectivity index (χ0v) is 19.3. The number of aromatic nitrogens is 1. The highest BCUT2D eigenvalue weighted by molar-refractivity contribution is 7.99. The van der Waals surface area contributed by atoms with Crippen LogP contribution in [0.3, 0.4) is 0 Å². The highest BCUT2D eigenvalue weighted by Gasteiger charge is 2.53. The number of ether oxygens (including phenoxy) is 1. The van der Waals surface area contributed by atoms with Gasteiger partial charge >= 0.3 is 6.03 Å². The highest BCUT2D eigenvalue weighted by Crippen LogP contribution is 2.41. The first kappa shape index (κ1) is 21.9. The Bertz CT molecular complexity index is 1170. The summed E-state index contributed by atoms with van der Waals surface area (Å²) in [6, 6.07) is 17.6. The van der Waals surface area contributed by atoms with E-state index in [1.54, 1.807) is 26.4 Å². The molecule has 3 aromatic rings. The first-order valence-electron chi connectivity index (χ1n) is 10.3. The van der Waals surface area contributed by atoms with E-state index in [4.69, 9.17) is 4.74 Å². The van der Waals surface area contributed by atoms with Gasteiger partial charge < -0.3 is 9.64 Å². The summed E-state index contributed by atoms with van der Waals surface area (Å²) in [6.07, 6.45) is 3.36. The van der Waals surface area contributed by atoms with E-state index in [1.165, 1.54) is 29.3 Å². The van der Waals surface area contributed by atoms with Crippen molar-refractivity contribution in [3.05, 3.63) is 83.7 Å². The number of amides is 3. The van der Waals surface area contributed by atoms with E-state index in [2.05, 4.69) is 24.0 Å². The third-order valence-corrected chi connectivity index (χ3v) is 6.89. The largest absolute Gasteiger partial charge is 0.489 e. The molecule has 7 heteroatoms. The van der Waals surface area contributed by atoms with Crippen LogP contribution < -0.4 is 4.74 Å². The molecular formula is C25H25N3O3S. The van der Waals surface area contributed by atoms with Gasteiger partial charge in [0.2, 0.25) is 0 Å². The minimum atomic E-state index is -1.10. The monoisotopic (exact) mass is 447 g/mol. The lowest BCUT2D eigenvalue weighted by atomic mass is 9.92. The quantitative estimate of drug-likeness (QED) is 0.505. The van der Waals surface area contributed by atoms with Crippen LogP contribution in [-0.4, -0.2) is 40.8 Å². The Morgan fingerprint density at radius 3 is 2.47 bits per heavy atom. The first-order valence-corrected chi connectivity index (χ1v) is 11.1. The zero-order valence-electron chi connectivity index (χ0n) is 18.5. The molecule has 1 fully saturated rings. The van der Waals surface area contributed by atoms with Crippen molar-refractivity contribution in [1.82, 2.24) is 14.8 Å². The van der Waals surface area contributed by atoms with Crippen LogP contribution in [-0.2, 0) is 16.9 Å². The maximum Gasteiger partial charge on any atom is 0.327 e. The van der Waals surface area contributed by atoms with E-state index in [0.29, 0.717) is 12.2 Å². The highest BCUT2D eigenvalue weighted by atomic mass is 32.2. The average Bonchev–Trinajstić information content (AvgIpc) is 2.95. The number of nitrogens with zero attached hydrogens (tertiary/aromatic N) is 3. The van der Waals surface area contributed by atoms with E-state index in [9.17, 15) is 9.59 Å². The van der Waals surface area contributed by atoms with Gasteiger partial charge in [0.05, 0.1) is 0 Å². The first-order chi connectivity index (χ1) is 15.3. The molecule has 1 atom stereocenters. The van der Waals surface area contributed by atoms with E-state index in [0.717, 1.165) is 26.0 Å². The normalized spacial score (nSPS) is 18.4. The van der Waals surface area contributed by atoms with Gasteiger partial charge in [0, 0.05) is 41.8 Å². The van der Waals surface area contributed by atoms with Gasteiger partial charge in [0.25, 0.3) is 5.91 Å². The lowest BCUT2D eigenvalue weighted by Gasteiger charge is -2.30. The number of carbonyl (C=O) groups excluding carboxylic acids is 2. The van der Waals surface area contributed by atoms with Gasteiger partial charge in [-0.15, -0.1) is 0 Å². The van der Waals surface area contributed by atoms with Crippen LogP contribution in [0.15, 0.2) is 76.8 Å². The lowest BCUT2D eigenvalue weighted by Crippen LogP contribution is -2.42. The average molecular weight is 448 g/mol. The molecule has 0 bridgehead atoms. The Morgan fingerprint density at radius 2 is 1.81 bits per heavy atom. The summed E-state index contributed by atoms with van der Waals surface area (Å²) in [4.78, 5) is 34.0. The van der Waals surface area contributed by atoms with E-state index in [-0.39, 0.29) is 11.9 Å². The number of aryl methyl sites for hydroxylation is 1. The third-order valence-electron chi connectivity index (χ3n) is 5.81. The zero-order chi connectivity index (χ0) is 22.9. The van der Waals surface area contributed by atoms with Crippen molar-refractivity contribution in [2.45, 2.75) is 35.8 Å². The SMILES string of the molecule is Cc1cccc(COc2ccc(Sc3ccncc3C3(C)C(=O)N(C)C(=O)N3C)cc2)c1. The Hall–Kier alpha value is -3.32. The summed E-state index contributed by atoms with van der Waals surface area (Å²) in [7, 11) is 3.15. The molecule has 0 N–H and O–H groups in total. The number of likely N-dealkylation sites (N-methyl/N-ethyl adjacent to an activating group) is 2. The topological polar surface area (TPSA) is 62.7 Å². The number of pyridine rings is 1. The molecular weight excluding hydrogens is 422 g/mol. The molecule has 1 saturated heterocycles. The second-order valence-corrected chi connectivity index (χ2v) is 9.12. The summed E-state index contributed by atoms with van der Waals surface area (Å²) in [5.74, 6) is 0.524. The van der Waals surface area contributed by atoms with Crippen LogP contribution in [0.1, 0.15) is 23.6 Å². The fourth-order valence-corrected chi connectivity index (χ4v) is 4.82. The van der Waals surface area contributed by atoms with Gasteiger partial charge in [-0.05, 0) is 49.7 Å². The van der Waals surface area contributed by atoms with Crippen molar-refractivity contribution < 1.29 is 14.3 Å². The summed E-state index contributed by atoms with van der Waals surface area (Å²) >= 11 is 1.53. The van der Waals surface area contributed by atoms with Gasteiger partial charge in [0.15, 0.2) is 0 Å². The van der Waals surface area contributed by atoms with Gasteiger partial charge in [-0.3, -0.25) is 14.7 Å². The Balaban J connectivity index is 1.52. The van der Waals surface area contributed by atoms with Crippen LogP contribution in [0.5, 0.6) is 5.75 Å². The summed E-state index contributed by atoms with van der Waals surface area (Å²) in [6.45, 7) is 4.34. The number of benzene rings is 2. The van der Waals surface area contributed by atoms with Crippen molar-refractivity contribution in [1.29, 1.82) is 0 Å². The minimum absolute atomic E-state index is 0.264. The van der Waals surface area contributed by atoms with Crippen LogP contribution in [0, 0.1) is 6.92 Å². The molecule has 1 aliphatic rings. The van der Waals surface area contributed by atoms with Gasteiger partial charge in [-0.25, -0.2) is 4.79 Å². The van der Waals surface area contributed by atoms with E-state index >= 15 is 0 Å². The van der Waals surface area contributed by atoms with Crippen molar-refractivity contribution >= 4 is 23.7 Å². The summed E-state index contributed by atoms with van der Waals surface area (Å²) in [5.41, 5.74) is 1.94. The van der Waals surface area contributed by atoms with Crippen molar-refractivity contribution in [3.63, 3.8) is 0 Å². The van der Waals surface area contributed by atoms with Crippen LogP contribution >= 0.6 is 11.8 Å². The number of imide groups is 1. The van der Waals surface area contributed by atoms with Gasteiger partial charge in [-0.2, -0.15) is 0 Å². The molecule has 6 nitrogen and oxygen atoms in total. The Kier molecular flexibility index (Phi) is 5.93. The van der Waals surface area contributed by atoms with Crippen LogP contribution in [0.25, 0.3) is 0 Å². The maximum atomic E-state index is 12.9. The van der Waals surface area contributed by atoms with E-state index in [1.807, 2.05) is 42.5 Å². The van der Waals surface area contributed by atoms with Crippen LogP contribution in [0.2, 0.25) is 0 Å². The Morgan fingerprint density at radius 1 is 1.06 bits per heavy atom. The third kappa shape index (κ3) is 3.96. The molecule has 0 aliphatic carbocycles. The molecule has 4 rings (SSSR count). The standard InChI is InChI=1S/C25H25N3O3S/c1-17-6-5-7-18(14-17)16-31-19-8-10-20(11-9-19)32-22-12-13-26-15-21(22)25(2)23(29)27(3)24(30)28(25)4/h5-15H,16H2,1-4H3. The molecule has 3 amide bonds. The van der Waals surface area contributed by atoms with Gasteiger partial charge in [-0.1, -0.05) is 41.6 Å². The van der Waals surface area contributed by atoms with Crippen molar-refractivity contribution in [2.24, 2.45) is 0 Å². The molecule has 1 aliphatic heterocycles. The molecule has 0 radical (unpaired) electrons. The second kappa shape index (κ2) is 8.67. The predicted octanol–water partition coefficient (Wildman–Crippen LogP) is 4.86. The number of carbonyl (C=O) groups is 2. The van der Waals surface area contributed by atoms with Crippen molar-refractivity contribution in [3.8, 4) is 5.75 Å². The second-order valence-electron chi connectivity index (χ2n) is 8.00. The molecule has 1 unspecified atom stereocenters. The van der Waals surface area contributed by atoms with Crippen molar-refractivity contribution in [2.75, 3.05) is 14.1 Å². The molecule has 32 heavy (non-hydrogen) atoms. The number of rotatable bonds is 6. The fraction of sp³-hybridized carbons (Fsp3) is 0.240. The summed E-state index contributed by atoms with van der Waals surface area (Å²) < 4.78 is 5.91. The number of hydrogen-bond donors (Lipinski definition) is 0. The fourth-order valence-electron chi connectivity index (χ4n) is 3.80. The number of urea groups is 1. The predicted molar refractivity (Wildman–Crippen MR) is 124 cm³/mol. The maximum absolute atomic E-state index is 12.9. The molecule has 164 valence electrons. The number of hydrogen-bond acceptors (Lipinski definition) is 5. The van der Waals surface area contributed by atoms with E-state index < -0.39 is 5.54 Å². The van der Waals surface area contributed by atoms with Crippen LogP contribution in [0.4, 0.5) is 4.79 Å². The summed E-state index contributed by atoms with van der Waals surface area (Å²) in [5, 5.41) is 0.